The van der Waals surface area contributed by atoms with Crippen molar-refractivity contribution < 1.29 is 13.6 Å². The molecule has 1 aliphatic rings. The quantitative estimate of drug-likeness (QED) is 0.848. The summed E-state index contributed by atoms with van der Waals surface area (Å²) in [5, 5.41) is 0.588. The van der Waals surface area contributed by atoms with Gasteiger partial charge in [0.25, 0.3) is 0 Å². The fourth-order valence-corrected chi connectivity index (χ4v) is 2.27. The van der Waals surface area contributed by atoms with E-state index in [1.54, 1.807) is 25.1 Å². The number of hydrogen-bond donors (Lipinski definition) is 1. The molecular formula is C14H14FNO2. The molecule has 3 nitrogen and oxygen atoms in total. The van der Waals surface area contributed by atoms with Crippen molar-refractivity contribution in [2.24, 2.45) is 11.7 Å². The first-order valence-electron chi connectivity index (χ1n) is 6.02. The smallest absolute Gasteiger partial charge is 0.217 e. The van der Waals surface area contributed by atoms with Gasteiger partial charge in [-0.2, -0.15) is 0 Å². The second-order valence-electron chi connectivity index (χ2n) is 5.15. The van der Waals surface area contributed by atoms with Crippen molar-refractivity contribution in [2.45, 2.75) is 25.3 Å². The van der Waals surface area contributed by atoms with E-state index in [4.69, 9.17) is 10.2 Å². The van der Waals surface area contributed by atoms with Crippen LogP contribution in [0.2, 0.25) is 0 Å². The van der Waals surface area contributed by atoms with Crippen LogP contribution < -0.4 is 5.73 Å². The fourth-order valence-electron chi connectivity index (χ4n) is 2.27. The number of hydrogen-bond acceptors (Lipinski definition) is 3. The molecule has 18 heavy (non-hydrogen) atoms. The fraction of sp³-hybridized carbons (Fsp3) is 0.357. The topological polar surface area (TPSA) is 56.2 Å². The average Bonchev–Trinajstić information content (AvgIpc) is 3.09. The van der Waals surface area contributed by atoms with Crippen LogP contribution in [0.5, 0.6) is 0 Å². The number of carbonyl (C=O) groups is 1. The van der Waals surface area contributed by atoms with Gasteiger partial charge in [-0.1, -0.05) is 12.1 Å². The Kier molecular flexibility index (Phi) is 2.32. The van der Waals surface area contributed by atoms with Gasteiger partial charge in [0.15, 0.2) is 17.2 Å². The lowest BCUT2D eigenvalue weighted by Crippen LogP contribution is -2.46. The van der Waals surface area contributed by atoms with Gasteiger partial charge in [0.2, 0.25) is 5.78 Å². The van der Waals surface area contributed by atoms with Gasteiger partial charge in [-0.3, -0.25) is 4.79 Å². The molecule has 4 heteroatoms. The van der Waals surface area contributed by atoms with Crippen LogP contribution in [0.15, 0.2) is 28.7 Å². The van der Waals surface area contributed by atoms with Gasteiger partial charge in [0.1, 0.15) is 0 Å². The lowest BCUT2D eigenvalue weighted by Gasteiger charge is -2.20. The third-order valence-electron chi connectivity index (χ3n) is 3.63. The minimum atomic E-state index is -0.912. The molecule has 0 aliphatic heterocycles. The summed E-state index contributed by atoms with van der Waals surface area (Å²) in [6.07, 6.45) is 1.93. The van der Waals surface area contributed by atoms with Gasteiger partial charge in [0, 0.05) is 5.39 Å². The van der Waals surface area contributed by atoms with Gasteiger partial charge >= 0.3 is 0 Å². The third kappa shape index (κ3) is 1.64. The molecule has 1 aliphatic carbocycles. The molecule has 0 radical (unpaired) electrons. The maximum Gasteiger partial charge on any atom is 0.217 e. The number of halogens is 1. The van der Waals surface area contributed by atoms with Crippen LogP contribution in [0.4, 0.5) is 4.39 Å². The molecule has 1 aromatic heterocycles. The molecule has 0 bridgehead atoms. The number of fused-ring (bicyclic) bond motifs is 1. The molecule has 0 spiro atoms. The maximum absolute atomic E-state index is 13.5. The summed E-state index contributed by atoms with van der Waals surface area (Å²) in [5.74, 6) is -0.354. The van der Waals surface area contributed by atoms with Crippen LogP contribution in [-0.2, 0) is 0 Å². The van der Waals surface area contributed by atoms with Crippen molar-refractivity contribution in [2.75, 3.05) is 0 Å². The first-order valence-corrected chi connectivity index (χ1v) is 6.02. The summed E-state index contributed by atoms with van der Waals surface area (Å²) < 4.78 is 18.8. The van der Waals surface area contributed by atoms with Crippen molar-refractivity contribution in [3.05, 3.63) is 35.8 Å². The van der Waals surface area contributed by atoms with Crippen molar-refractivity contribution in [3.63, 3.8) is 0 Å². The standard InChI is InChI=1S/C14H14FNO2/c1-14(16,9-5-6-9)13(17)11-7-8-3-2-4-10(15)12(8)18-11/h2-4,7,9H,5-6,16H2,1H3. The number of rotatable bonds is 3. The highest BCUT2D eigenvalue weighted by molar-refractivity contribution is 6.03. The number of Topliss-reactive ketones (excluding diaryl/α,β-unsaturated/α-hetero) is 1. The molecule has 1 heterocycles. The Labute approximate surface area is 104 Å². The first kappa shape index (κ1) is 11.4. The molecule has 3 rings (SSSR count). The van der Waals surface area contributed by atoms with Crippen molar-refractivity contribution in [1.82, 2.24) is 0 Å². The van der Waals surface area contributed by atoms with Crippen LogP contribution in [0.3, 0.4) is 0 Å². The zero-order valence-corrected chi connectivity index (χ0v) is 10.1. The minimum absolute atomic E-state index is 0.118. The number of para-hydroxylation sites is 1. The summed E-state index contributed by atoms with van der Waals surface area (Å²) in [7, 11) is 0. The third-order valence-corrected chi connectivity index (χ3v) is 3.63. The highest BCUT2D eigenvalue weighted by Gasteiger charge is 2.45. The Hall–Kier alpha value is -1.68. The Morgan fingerprint density at radius 3 is 2.83 bits per heavy atom. The molecule has 1 fully saturated rings. The molecule has 1 aromatic carbocycles. The maximum atomic E-state index is 13.5. The van der Waals surface area contributed by atoms with Gasteiger partial charge in [0.05, 0.1) is 5.54 Å². The van der Waals surface area contributed by atoms with E-state index >= 15 is 0 Å². The summed E-state index contributed by atoms with van der Waals surface area (Å²) in [4.78, 5) is 12.3. The zero-order valence-electron chi connectivity index (χ0n) is 10.1. The monoisotopic (exact) mass is 247 g/mol. The Bertz CT molecular complexity index is 626. The molecule has 0 amide bonds. The largest absolute Gasteiger partial charge is 0.450 e. The highest BCUT2D eigenvalue weighted by atomic mass is 19.1. The summed E-state index contributed by atoms with van der Waals surface area (Å²) in [5.41, 5.74) is 5.26. The van der Waals surface area contributed by atoms with Gasteiger partial charge in [-0.05, 0) is 37.8 Å². The Morgan fingerprint density at radius 1 is 1.50 bits per heavy atom. The van der Waals surface area contributed by atoms with Gasteiger partial charge < -0.3 is 10.2 Å². The molecule has 2 N–H and O–H groups in total. The van der Waals surface area contributed by atoms with Crippen LogP contribution in [0.25, 0.3) is 11.0 Å². The van der Waals surface area contributed by atoms with E-state index in [-0.39, 0.29) is 23.0 Å². The number of furan rings is 1. The highest BCUT2D eigenvalue weighted by Crippen LogP contribution is 2.40. The predicted octanol–water partition coefficient (Wildman–Crippen LogP) is 2.88. The van der Waals surface area contributed by atoms with Crippen LogP contribution in [-0.4, -0.2) is 11.3 Å². The Morgan fingerprint density at radius 2 is 2.22 bits per heavy atom. The van der Waals surface area contributed by atoms with Crippen molar-refractivity contribution in [1.29, 1.82) is 0 Å². The number of benzene rings is 1. The molecule has 94 valence electrons. The van der Waals surface area contributed by atoms with Crippen molar-refractivity contribution in [3.8, 4) is 0 Å². The number of nitrogens with two attached hydrogens (primary N) is 1. The first-order chi connectivity index (χ1) is 8.50. The molecule has 1 unspecified atom stereocenters. The SMILES string of the molecule is CC(N)(C(=O)c1cc2cccc(F)c2o1)C1CC1. The van der Waals surface area contributed by atoms with Crippen LogP contribution in [0.1, 0.15) is 30.3 Å². The van der Waals surface area contributed by atoms with E-state index in [1.165, 1.54) is 6.07 Å². The molecule has 0 saturated heterocycles. The minimum Gasteiger partial charge on any atom is -0.450 e. The number of carbonyl (C=O) groups excluding carboxylic acids is 1. The summed E-state index contributed by atoms with van der Waals surface area (Å²) >= 11 is 0. The van der Waals surface area contributed by atoms with E-state index < -0.39 is 11.4 Å². The second kappa shape index (κ2) is 3.65. The lowest BCUT2D eigenvalue weighted by molar-refractivity contribution is 0.0856. The van der Waals surface area contributed by atoms with Crippen LogP contribution in [0, 0.1) is 11.7 Å². The van der Waals surface area contributed by atoms with E-state index in [0.717, 1.165) is 12.8 Å². The van der Waals surface area contributed by atoms with E-state index in [9.17, 15) is 9.18 Å². The molecule has 1 atom stereocenters. The van der Waals surface area contributed by atoms with E-state index in [1.807, 2.05) is 0 Å². The zero-order chi connectivity index (χ0) is 12.9. The molecular weight excluding hydrogens is 233 g/mol. The summed E-state index contributed by atoms with van der Waals surface area (Å²) in [6.45, 7) is 1.72. The normalized spacial score (nSPS) is 18.8. The van der Waals surface area contributed by atoms with Crippen molar-refractivity contribution >= 4 is 16.8 Å². The summed E-state index contributed by atoms with van der Waals surface area (Å²) in [6, 6.07) is 6.17. The predicted molar refractivity (Wildman–Crippen MR) is 65.8 cm³/mol. The van der Waals surface area contributed by atoms with Gasteiger partial charge in [-0.25, -0.2) is 4.39 Å². The average molecular weight is 247 g/mol. The van der Waals surface area contributed by atoms with Gasteiger partial charge in [-0.15, -0.1) is 0 Å². The number of ketones is 1. The molecule has 2 aromatic rings. The second-order valence-corrected chi connectivity index (χ2v) is 5.15. The Balaban J connectivity index is 2.04. The molecule has 1 saturated carbocycles. The van der Waals surface area contributed by atoms with E-state index in [2.05, 4.69) is 0 Å². The van der Waals surface area contributed by atoms with E-state index in [0.29, 0.717) is 5.39 Å². The van der Waals surface area contributed by atoms with Crippen LogP contribution >= 0.6 is 0 Å². The lowest BCUT2D eigenvalue weighted by atomic mass is 9.90.